The number of hydrogen-bond donors (Lipinski definition) is 9. The second-order valence-electron chi connectivity index (χ2n) is 23.1. The molecule has 2 fully saturated rings. The van der Waals surface area contributed by atoms with Crippen LogP contribution < -0.4 is 15.8 Å². The zero-order valence-electron chi connectivity index (χ0n) is 43.7. The van der Waals surface area contributed by atoms with Crippen LogP contribution in [0.3, 0.4) is 0 Å². The van der Waals surface area contributed by atoms with Crippen LogP contribution in [0.4, 0.5) is 0 Å². The first-order valence-corrected chi connectivity index (χ1v) is 30.7. The predicted octanol–water partition coefficient (Wildman–Crippen LogP) is 9.36. The number of phenolic OH excluding ortho intramolecular Hbond substituents is 1. The van der Waals surface area contributed by atoms with Gasteiger partial charge in [-0.25, -0.2) is 0 Å². The lowest BCUT2D eigenvalue weighted by Gasteiger charge is -2.57. The number of nitrogens with two attached hydrogens (primary N) is 1. The average molecular weight is 1060 g/mol. The van der Waals surface area contributed by atoms with Gasteiger partial charge in [0.25, 0.3) is 0 Å². The second-order valence-corrected chi connectivity index (χ2v) is 25.6. The van der Waals surface area contributed by atoms with E-state index in [2.05, 4.69) is 120 Å². The summed E-state index contributed by atoms with van der Waals surface area (Å²) in [5.41, 5.74) is 15.1. The normalized spacial score (nSPS) is 35.3. The van der Waals surface area contributed by atoms with Crippen molar-refractivity contribution in [3.63, 3.8) is 0 Å². The number of aromatic nitrogens is 1. The molecule has 0 radical (unpaired) electrons. The van der Waals surface area contributed by atoms with E-state index in [1.807, 2.05) is 24.4 Å². The number of rotatable bonds is 10. The van der Waals surface area contributed by atoms with E-state index in [0.717, 1.165) is 60.1 Å². The highest BCUT2D eigenvalue weighted by molar-refractivity contribution is 8.76. The molecule has 402 valence electrons. The van der Waals surface area contributed by atoms with Crippen molar-refractivity contribution in [2.24, 2.45) is 64.4 Å². The van der Waals surface area contributed by atoms with Crippen LogP contribution in [-0.2, 0) is 19.3 Å². The van der Waals surface area contributed by atoms with Gasteiger partial charge in [-0.2, -0.15) is 0 Å². The number of aliphatic hydroxyl groups is 5. The summed E-state index contributed by atoms with van der Waals surface area (Å²) < 4.78 is 6.98. The first-order valence-electron chi connectivity index (χ1n) is 28.2. The van der Waals surface area contributed by atoms with Crippen molar-refractivity contribution >= 4 is 21.6 Å². The Morgan fingerprint density at radius 3 is 2.46 bits per heavy atom. The Balaban J connectivity index is 0.970. The number of phenols is 1. The summed E-state index contributed by atoms with van der Waals surface area (Å²) in [6.45, 7) is 2.59. The molecule has 12 heteroatoms. The van der Waals surface area contributed by atoms with Gasteiger partial charge in [0.2, 0.25) is 0 Å². The number of allylic oxidation sites excluding steroid dienone is 5. The van der Waals surface area contributed by atoms with Crippen molar-refractivity contribution in [2.75, 3.05) is 31.3 Å². The van der Waals surface area contributed by atoms with Crippen LogP contribution in [0, 0.1) is 70.5 Å². The molecule has 1 saturated carbocycles. The highest BCUT2D eigenvalue weighted by Crippen LogP contribution is 2.61. The number of H-pyrrole nitrogens is 1. The molecule has 16 unspecified atom stereocenters. The van der Waals surface area contributed by atoms with Crippen molar-refractivity contribution in [2.45, 2.75) is 107 Å². The fourth-order valence-corrected chi connectivity index (χ4v) is 17.7. The monoisotopic (exact) mass is 1060 g/mol. The van der Waals surface area contributed by atoms with E-state index in [-0.39, 0.29) is 72.1 Å². The van der Waals surface area contributed by atoms with Crippen LogP contribution in [0.2, 0.25) is 0 Å². The molecule has 11 rings (SSSR count). The molecule has 3 aromatic carbocycles. The largest absolute Gasteiger partial charge is 0.504 e. The molecule has 1 spiro atoms. The highest BCUT2D eigenvalue weighted by Gasteiger charge is 2.57. The van der Waals surface area contributed by atoms with Gasteiger partial charge in [0.15, 0.2) is 11.5 Å². The number of aromatic hydroxyl groups is 1. The summed E-state index contributed by atoms with van der Waals surface area (Å²) in [4.78, 5) is 3.38. The Hall–Kier alpha value is -4.84. The van der Waals surface area contributed by atoms with Crippen LogP contribution in [0.5, 0.6) is 11.5 Å². The van der Waals surface area contributed by atoms with Gasteiger partial charge in [-0.15, -0.1) is 0 Å². The van der Waals surface area contributed by atoms with E-state index in [9.17, 15) is 30.6 Å². The van der Waals surface area contributed by atoms with Crippen LogP contribution in [0.25, 0.3) is 0 Å². The molecule has 3 heterocycles. The predicted molar refractivity (Wildman–Crippen MR) is 304 cm³/mol. The Morgan fingerprint density at radius 2 is 1.70 bits per heavy atom. The van der Waals surface area contributed by atoms with Gasteiger partial charge in [0.1, 0.15) is 11.9 Å². The summed E-state index contributed by atoms with van der Waals surface area (Å²) in [6, 6.07) is 29.5. The molecule has 4 aromatic rings. The smallest absolute Gasteiger partial charge is 0.161 e. The van der Waals surface area contributed by atoms with Crippen molar-refractivity contribution in [1.82, 2.24) is 10.3 Å². The minimum atomic E-state index is -1.06. The highest BCUT2D eigenvalue weighted by atomic mass is 33.1. The summed E-state index contributed by atoms with van der Waals surface area (Å²) in [5.74, 6) is 8.87. The number of benzene rings is 3. The van der Waals surface area contributed by atoms with Gasteiger partial charge in [0.05, 0.1) is 18.3 Å². The summed E-state index contributed by atoms with van der Waals surface area (Å²) in [7, 11) is 3.27. The van der Waals surface area contributed by atoms with Crippen molar-refractivity contribution < 1.29 is 35.4 Å². The maximum atomic E-state index is 12.7. The minimum Gasteiger partial charge on any atom is -0.504 e. The lowest BCUT2D eigenvalue weighted by molar-refractivity contribution is -0.0323. The molecule has 2 bridgehead atoms. The fourth-order valence-electron chi connectivity index (χ4n) is 15.1. The molecule has 2 aliphatic heterocycles. The Kier molecular flexibility index (Phi) is 16.3. The standard InChI is InChI=1S/C64H77N3O7S2/c1-2-39-26-42-29-57(71)59(74-60-30-43(27-46-16-10-23-66-46)47-21-24-67-63(65)54(47)37-76-75-36-44(34-68)62(60)73)32-50(42)52-31-58(72)61-41(28-49(39)52)20-22-64-33-53(40-13-7-4-8-14-40)51(25-38-11-5-3-6-12-38)48(55(64)35-69)19-18-45(64)15-9-17-56(61)70/h3-8,10-14,16,18-19,21,23,28-29,32,39,41,43-45,48,51-53,55-56,58,60-62,66-73H,2,9,15,17,24-27,30-31,33-37,65H2,1H3. The topological polar surface area (TPSA) is 184 Å². The van der Waals surface area contributed by atoms with Crippen LogP contribution in [0.1, 0.15) is 91.7 Å². The number of aliphatic hydroxyl groups excluding tert-OH is 5. The average Bonchev–Trinajstić information content (AvgIpc) is 3.99. The Bertz CT molecular complexity index is 2840. The van der Waals surface area contributed by atoms with E-state index >= 15 is 0 Å². The van der Waals surface area contributed by atoms with E-state index in [4.69, 9.17) is 10.5 Å². The molecule has 7 aliphatic rings. The van der Waals surface area contributed by atoms with Gasteiger partial charge in [-0.3, -0.25) is 0 Å². The van der Waals surface area contributed by atoms with Crippen LogP contribution >= 0.6 is 21.6 Å². The first kappa shape index (κ1) is 53.2. The van der Waals surface area contributed by atoms with Gasteiger partial charge >= 0.3 is 0 Å². The minimum absolute atomic E-state index is 0.0103. The number of aromatic amines is 1. The van der Waals surface area contributed by atoms with Gasteiger partial charge in [-0.1, -0.05) is 137 Å². The van der Waals surface area contributed by atoms with Crippen LogP contribution in [-0.4, -0.2) is 91.3 Å². The molecular weight excluding hydrogens is 987 g/mol. The zero-order chi connectivity index (χ0) is 52.5. The first-order chi connectivity index (χ1) is 37.1. The molecule has 1 aromatic heterocycles. The number of ether oxygens (including phenoxy) is 1. The van der Waals surface area contributed by atoms with Gasteiger partial charge in [-0.05, 0) is 145 Å². The van der Waals surface area contributed by atoms with Crippen molar-refractivity contribution in [3.8, 4) is 23.3 Å². The lowest BCUT2D eigenvalue weighted by atomic mass is 9.46. The second kappa shape index (κ2) is 23.2. The zero-order valence-corrected chi connectivity index (χ0v) is 45.4. The number of dihydropyridines is 1. The molecule has 0 amide bonds. The maximum Gasteiger partial charge on any atom is 0.161 e. The third-order valence-electron chi connectivity index (χ3n) is 19.0. The Morgan fingerprint density at radius 1 is 0.882 bits per heavy atom. The third-order valence-corrected chi connectivity index (χ3v) is 21.4. The van der Waals surface area contributed by atoms with E-state index in [1.165, 1.54) is 16.7 Å². The molecule has 5 aliphatic carbocycles. The van der Waals surface area contributed by atoms with Gasteiger partial charge < -0.3 is 51.4 Å². The molecule has 10 N–H and O–H groups in total. The summed E-state index contributed by atoms with van der Waals surface area (Å²) in [6.07, 6.45) is 14.5. The van der Waals surface area contributed by atoms with Gasteiger partial charge in [0, 0.05) is 83.7 Å². The number of nitrogens with one attached hydrogen (secondary N) is 2. The van der Waals surface area contributed by atoms with Crippen molar-refractivity contribution in [1.29, 1.82) is 0 Å². The molecule has 1 saturated heterocycles. The molecule has 10 nitrogen and oxygen atoms in total. The van der Waals surface area contributed by atoms with Crippen LogP contribution in [0.15, 0.2) is 138 Å². The van der Waals surface area contributed by atoms with E-state index < -0.39 is 47.6 Å². The third kappa shape index (κ3) is 10.5. The lowest BCUT2D eigenvalue weighted by Crippen LogP contribution is -2.53. The molecule has 76 heavy (non-hydrogen) atoms. The quantitative estimate of drug-likeness (QED) is 0.0419. The molecular formula is C64H77N3O7S2. The maximum absolute atomic E-state index is 12.7. The Labute approximate surface area is 457 Å². The number of hydrogen-bond acceptors (Lipinski definition) is 11. The molecule has 16 atom stereocenters. The van der Waals surface area contributed by atoms with E-state index in [1.54, 1.807) is 21.6 Å². The number of fused-ring (bicyclic) bond motifs is 6. The summed E-state index contributed by atoms with van der Waals surface area (Å²) >= 11 is 0. The fraction of sp³-hybridized carbons (Fsp3) is 0.500. The van der Waals surface area contributed by atoms with E-state index in [0.29, 0.717) is 56.0 Å². The summed E-state index contributed by atoms with van der Waals surface area (Å²) in [5, 5.41) is 75.0. The SMILES string of the molecule is CCC1Cc2cc(O)c(OC3CC(Cc4ccc[nH]4)C4=CCNC(N)=C4CSSCC(CO)C3O)cc2C2CC(O)C3C(C#CC45CC(c6ccccc6)C(Cc6ccccc6)C(C=CC4CCCC3O)C5CO)C=C12. The van der Waals surface area contributed by atoms with Crippen molar-refractivity contribution in [3.05, 3.63) is 166 Å².